The first kappa shape index (κ1) is 19.9. The van der Waals surface area contributed by atoms with Crippen molar-refractivity contribution in [3.05, 3.63) is 57.6 Å². The molecule has 6 nitrogen and oxygen atoms in total. The molecule has 0 bridgehead atoms. The molecule has 7 heteroatoms. The Balaban J connectivity index is 1.69. The van der Waals surface area contributed by atoms with Gasteiger partial charge in [-0.1, -0.05) is 23.9 Å². The Hall–Kier alpha value is -2.38. The number of methoxy groups -OCH3 is 1. The van der Waals surface area contributed by atoms with Crippen molar-refractivity contribution < 1.29 is 9.47 Å². The highest BCUT2D eigenvalue weighted by Gasteiger charge is 2.20. The van der Waals surface area contributed by atoms with E-state index in [2.05, 4.69) is 4.98 Å². The highest BCUT2D eigenvalue weighted by molar-refractivity contribution is 7.98. The number of thioether (sulfide) groups is 1. The van der Waals surface area contributed by atoms with E-state index in [1.54, 1.807) is 11.7 Å². The molecule has 1 fully saturated rings. The van der Waals surface area contributed by atoms with Gasteiger partial charge in [0.2, 0.25) is 0 Å². The number of rotatable bonds is 6. The number of aryl methyl sites for hydroxylation is 1. The molecule has 3 heterocycles. The van der Waals surface area contributed by atoms with Crippen LogP contribution in [-0.2, 0) is 17.0 Å². The molecule has 0 spiro atoms. The third-order valence-corrected chi connectivity index (χ3v) is 6.31. The molecule has 0 saturated carbocycles. The summed E-state index contributed by atoms with van der Waals surface area (Å²) in [5.74, 6) is 1.47. The van der Waals surface area contributed by atoms with Gasteiger partial charge in [-0.25, -0.2) is 4.98 Å². The van der Waals surface area contributed by atoms with E-state index in [4.69, 9.17) is 14.5 Å². The lowest BCUT2D eigenvalue weighted by molar-refractivity contribution is 0.0937. The van der Waals surface area contributed by atoms with E-state index in [-0.39, 0.29) is 11.7 Å². The standard InChI is InChI=1S/C22H25N3O3S/c1-14-11-23-19(15(2)20(14)27-3)13-29-22-24-18-9-5-4-8-17(18)21(26)25(22)12-16-7-6-10-28-16/h4-5,8-9,11,16H,6-7,10,12-13H2,1-3H3. The summed E-state index contributed by atoms with van der Waals surface area (Å²) in [5.41, 5.74) is 3.67. The van der Waals surface area contributed by atoms with Crippen molar-refractivity contribution in [3.8, 4) is 5.75 Å². The van der Waals surface area contributed by atoms with Gasteiger partial charge in [-0.05, 0) is 38.8 Å². The van der Waals surface area contributed by atoms with Gasteiger partial charge in [0.25, 0.3) is 5.56 Å². The summed E-state index contributed by atoms with van der Waals surface area (Å²) in [5, 5.41) is 1.34. The third kappa shape index (κ3) is 4.02. The molecule has 1 saturated heterocycles. The Morgan fingerprint density at radius 3 is 2.90 bits per heavy atom. The van der Waals surface area contributed by atoms with Crippen LogP contribution in [0.25, 0.3) is 10.9 Å². The lowest BCUT2D eigenvalue weighted by Gasteiger charge is -2.17. The maximum absolute atomic E-state index is 13.2. The fourth-order valence-corrected chi connectivity index (χ4v) is 4.79. The minimum atomic E-state index is -0.0141. The van der Waals surface area contributed by atoms with E-state index < -0.39 is 0 Å². The monoisotopic (exact) mass is 411 g/mol. The fraction of sp³-hybridized carbons (Fsp3) is 0.409. The summed E-state index contributed by atoms with van der Waals surface area (Å²) < 4.78 is 13.1. The van der Waals surface area contributed by atoms with Gasteiger partial charge in [0.15, 0.2) is 5.16 Å². The van der Waals surface area contributed by atoms with Crippen LogP contribution in [0.5, 0.6) is 5.75 Å². The third-order valence-electron chi connectivity index (χ3n) is 5.32. The molecule has 1 aliphatic rings. The number of pyridine rings is 1. The molecule has 29 heavy (non-hydrogen) atoms. The van der Waals surface area contributed by atoms with Gasteiger partial charge in [0.1, 0.15) is 5.75 Å². The Kier molecular flexibility index (Phi) is 5.87. The van der Waals surface area contributed by atoms with E-state index >= 15 is 0 Å². The number of fused-ring (bicyclic) bond motifs is 1. The molecule has 1 atom stereocenters. The number of hydrogen-bond acceptors (Lipinski definition) is 6. The second-order valence-electron chi connectivity index (χ2n) is 7.30. The summed E-state index contributed by atoms with van der Waals surface area (Å²) in [6, 6.07) is 7.50. The van der Waals surface area contributed by atoms with E-state index in [9.17, 15) is 4.79 Å². The molecule has 0 amide bonds. The van der Waals surface area contributed by atoms with Crippen LogP contribution < -0.4 is 10.3 Å². The largest absolute Gasteiger partial charge is 0.496 e. The van der Waals surface area contributed by atoms with Gasteiger partial charge in [-0.3, -0.25) is 14.3 Å². The van der Waals surface area contributed by atoms with E-state index in [0.29, 0.717) is 22.8 Å². The molecular formula is C22H25N3O3S. The summed E-state index contributed by atoms with van der Waals surface area (Å²) in [6.07, 6.45) is 3.90. The normalized spacial score (nSPS) is 16.4. The van der Waals surface area contributed by atoms with Gasteiger partial charge in [-0.15, -0.1) is 0 Å². The molecule has 3 aromatic rings. The zero-order chi connectivity index (χ0) is 20.4. The van der Waals surface area contributed by atoms with E-state index in [1.807, 2.05) is 44.3 Å². The second kappa shape index (κ2) is 8.55. The summed E-state index contributed by atoms with van der Waals surface area (Å²) in [4.78, 5) is 22.6. The topological polar surface area (TPSA) is 66.2 Å². The van der Waals surface area contributed by atoms with Crippen LogP contribution in [0.1, 0.15) is 29.7 Å². The quantitative estimate of drug-likeness (QED) is 0.453. The first-order valence-corrected chi connectivity index (χ1v) is 10.8. The number of aromatic nitrogens is 3. The minimum absolute atomic E-state index is 0.0141. The van der Waals surface area contributed by atoms with Crippen molar-refractivity contribution in [2.45, 2.75) is 50.2 Å². The zero-order valence-corrected chi connectivity index (χ0v) is 17.8. The Morgan fingerprint density at radius 2 is 2.14 bits per heavy atom. The maximum Gasteiger partial charge on any atom is 0.262 e. The maximum atomic E-state index is 13.2. The number of para-hydroxylation sites is 1. The molecular weight excluding hydrogens is 386 g/mol. The lowest BCUT2D eigenvalue weighted by atomic mass is 10.1. The van der Waals surface area contributed by atoms with Crippen LogP contribution in [0.3, 0.4) is 0 Å². The van der Waals surface area contributed by atoms with Crippen molar-refractivity contribution in [1.29, 1.82) is 0 Å². The summed E-state index contributed by atoms with van der Waals surface area (Å²) >= 11 is 1.53. The van der Waals surface area contributed by atoms with Crippen LogP contribution in [0.2, 0.25) is 0 Å². The number of hydrogen-bond donors (Lipinski definition) is 0. The van der Waals surface area contributed by atoms with Crippen LogP contribution in [-0.4, -0.2) is 34.4 Å². The van der Waals surface area contributed by atoms with Gasteiger partial charge in [0.05, 0.1) is 36.4 Å². The van der Waals surface area contributed by atoms with Gasteiger partial charge >= 0.3 is 0 Å². The first-order chi connectivity index (χ1) is 14.1. The predicted molar refractivity (Wildman–Crippen MR) is 115 cm³/mol. The molecule has 1 unspecified atom stereocenters. The lowest BCUT2D eigenvalue weighted by Crippen LogP contribution is -2.28. The number of nitrogens with zero attached hydrogens (tertiary/aromatic N) is 3. The molecule has 0 aliphatic carbocycles. The van der Waals surface area contributed by atoms with Crippen LogP contribution in [0.15, 0.2) is 40.4 Å². The van der Waals surface area contributed by atoms with Gasteiger partial charge in [0, 0.05) is 29.7 Å². The average molecular weight is 412 g/mol. The molecule has 2 aromatic heterocycles. The van der Waals surface area contributed by atoms with Gasteiger partial charge < -0.3 is 9.47 Å². The van der Waals surface area contributed by atoms with Crippen LogP contribution in [0.4, 0.5) is 0 Å². The fourth-order valence-electron chi connectivity index (χ4n) is 3.76. The molecule has 4 rings (SSSR count). The summed E-state index contributed by atoms with van der Waals surface area (Å²) in [7, 11) is 1.68. The van der Waals surface area contributed by atoms with Crippen LogP contribution >= 0.6 is 11.8 Å². The average Bonchev–Trinajstić information content (AvgIpc) is 3.23. The van der Waals surface area contributed by atoms with Crippen molar-refractivity contribution in [3.63, 3.8) is 0 Å². The van der Waals surface area contributed by atoms with E-state index in [0.717, 1.165) is 47.5 Å². The molecule has 152 valence electrons. The smallest absolute Gasteiger partial charge is 0.262 e. The van der Waals surface area contributed by atoms with Gasteiger partial charge in [-0.2, -0.15) is 0 Å². The van der Waals surface area contributed by atoms with Crippen molar-refractivity contribution in [2.75, 3.05) is 13.7 Å². The molecule has 1 aromatic carbocycles. The number of benzene rings is 1. The SMILES string of the molecule is COc1c(C)cnc(CSc2nc3ccccc3c(=O)n2CC2CCCO2)c1C. The highest BCUT2D eigenvalue weighted by Crippen LogP contribution is 2.29. The first-order valence-electron chi connectivity index (χ1n) is 9.81. The van der Waals surface area contributed by atoms with Crippen molar-refractivity contribution in [2.24, 2.45) is 0 Å². The number of ether oxygens (including phenoxy) is 2. The van der Waals surface area contributed by atoms with E-state index in [1.165, 1.54) is 11.8 Å². The Labute approximate surface area is 174 Å². The molecule has 1 aliphatic heterocycles. The van der Waals surface area contributed by atoms with Crippen molar-refractivity contribution in [1.82, 2.24) is 14.5 Å². The minimum Gasteiger partial charge on any atom is -0.496 e. The molecule has 0 N–H and O–H groups in total. The highest BCUT2D eigenvalue weighted by atomic mass is 32.2. The summed E-state index contributed by atoms with van der Waals surface area (Å²) in [6.45, 7) is 5.29. The van der Waals surface area contributed by atoms with Crippen LogP contribution in [0, 0.1) is 13.8 Å². The molecule has 0 radical (unpaired) electrons. The second-order valence-corrected chi connectivity index (χ2v) is 8.24. The predicted octanol–water partition coefficient (Wildman–Crippen LogP) is 3.89. The van der Waals surface area contributed by atoms with Crippen molar-refractivity contribution >= 4 is 22.7 Å². The Bertz CT molecular complexity index is 1090. The Morgan fingerprint density at radius 1 is 1.31 bits per heavy atom. The zero-order valence-electron chi connectivity index (χ0n) is 17.0.